The molecule has 9 aromatic rings. The summed E-state index contributed by atoms with van der Waals surface area (Å²) >= 11 is 1.91. The van der Waals surface area contributed by atoms with E-state index in [4.69, 9.17) is 0 Å². The summed E-state index contributed by atoms with van der Waals surface area (Å²) in [6.07, 6.45) is 0.859. The molecule has 0 atom stereocenters. The normalized spacial score (nSPS) is 11.7. The molecule has 0 saturated heterocycles. The van der Waals surface area contributed by atoms with Crippen LogP contribution in [0.4, 0.5) is 0 Å². The van der Waals surface area contributed by atoms with E-state index in [2.05, 4.69) is 158 Å². The van der Waals surface area contributed by atoms with E-state index in [1.807, 2.05) is 11.3 Å². The molecule has 0 nitrogen and oxygen atoms in total. The summed E-state index contributed by atoms with van der Waals surface area (Å²) in [5.41, 5.74) is 7.94. The lowest BCUT2D eigenvalue weighted by Crippen LogP contribution is -1.97. The maximum absolute atomic E-state index is 2.33. The molecule has 0 N–H and O–H groups in total. The first-order chi connectivity index (χ1) is 21.8. The molecular formula is C43H28S. The van der Waals surface area contributed by atoms with Crippen LogP contribution in [-0.2, 0) is 6.42 Å². The summed E-state index contributed by atoms with van der Waals surface area (Å²) in [6.45, 7) is 0. The van der Waals surface area contributed by atoms with E-state index >= 15 is 0 Å². The SMILES string of the molecule is c1ccc(-c2ccc3ccccc3c2)c(Cc2c3ccccc3c(-c3cccc4c3sc3ccccc34)c3ccccc23)c1. The van der Waals surface area contributed by atoms with E-state index in [0.717, 1.165) is 6.42 Å². The molecule has 0 fully saturated rings. The molecule has 1 heteroatoms. The number of rotatable bonds is 4. The third kappa shape index (κ3) is 3.97. The zero-order chi connectivity index (χ0) is 29.0. The lowest BCUT2D eigenvalue weighted by atomic mass is 9.85. The average Bonchev–Trinajstić information content (AvgIpc) is 3.48. The summed E-state index contributed by atoms with van der Waals surface area (Å²) in [5, 5.41) is 10.5. The van der Waals surface area contributed by atoms with Crippen molar-refractivity contribution in [2.24, 2.45) is 0 Å². The van der Waals surface area contributed by atoms with Crippen LogP contribution in [0.2, 0.25) is 0 Å². The number of thiophene rings is 1. The lowest BCUT2D eigenvalue weighted by molar-refractivity contribution is 1.23. The van der Waals surface area contributed by atoms with E-state index in [-0.39, 0.29) is 0 Å². The van der Waals surface area contributed by atoms with Gasteiger partial charge in [0.15, 0.2) is 0 Å². The van der Waals surface area contributed by atoms with Crippen molar-refractivity contribution < 1.29 is 0 Å². The summed E-state index contributed by atoms with van der Waals surface area (Å²) in [5.74, 6) is 0. The molecule has 0 aliphatic heterocycles. The molecule has 44 heavy (non-hydrogen) atoms. The zero-order valence-corrected chi connectivity index (χ0v) is 24.9. The van der Waals surface area contributed by atoms with Gasteiger partial charge in [-0.15, -0.1) is 11.3 Å². The smallest absolute Gasteiger partial charge is 0.0434 e. The number of hydrogen-bond acceptors (Lipinski definition) is 1. The van der Waals surface area contributed by atoms with Gasteiger partial charge in [-0.25, -0.2) is 0 Å². The van der Waals surface area contributed by atoms with Gasteiger partial charge in [0.25, 0.3) is 0 Å². The summed E-state index contributed by atoms with van der Waals surface area (Å²) < 4.78 is 2.70. The van der Waals surface area contributed by atoms with Crippen molar-refractivity contribution in [1.29, 1.82) is 0 Å². The first-order valence-corrected chi connectivity index (χ1v) is 16.1. The van der Waals surface area contributed by atoms with Gasteiger partial charge < -0.3 is 0 Å². The third-order valence-corrected chi connectivity index (χ3v) is 10.4. The highest BCUT2D eigenvalue weighted by Crippen LogP contribution is 2.46. The molecule has 0 saturated carbocycles. The van der Waals surface area contributed by atoms with Crippen LogP contribution in [0.25, 0.3) is 74.7 Å². The molecule has 8 aromatic carbocycles. The van der Waals surface area contributed by atoms with Crippen LogP contribution in [0.1, 0.15) is 11.1 Å². The van der Waals surface area contributed by atoms with Crippen molar-refractivity contribution in [2.75, 3.05) is 0 Å². The van der Waals surface area contributed by atoms with Crippen LogP contribution < -0.4 is 0 Å². The topological polar surface area (TPSA) is 0 Å². The van der Waals surface area contributed by atoms with Crippen molar-refractivity contribution in [3.8, 4) is 22.3 Å². The molecule has 0 unspecified atom stereocenters. The Bertz CT molecular complexity index is 2470. The van der Waals surface area contributed by atoms with Gasteiger partial charge in [0.05, 0.1) is 0 Å². The molecule has 9 rings (SSSR count). The fourth-order valence-corrected chi connectivity index (χ4v) is 8.37. The third-order valence-electron chi connectivity index (χ3n) is 9.16. The molecule has 0 bridgehead atoms. The predicted molar refractivity (Wildman–Crippen MR) is 192 cm³/mol. The lowest BCUT2D eigenvalue weighted by Gasteiger charge is -2.19. The molecule has 1 heterocycles. The Morgan fingerprint density at radius 1 is 0.409 bits per heavy atom. The monoisotopic (exact) mass is 576 g/mol. The Labute approximate surface area is 260 Å². The van der Waals surface area contributed by atoms with E-state index < -0.39 is 0 Å². The van der Waals surface area contributed by atoms with E-state index in [9.17, 15) is 0 Å². The minimum atomic E-state index is 0.859. The first kappa shape index (κ1) is 25.3. The fourth-order valence-electron chi connectivity index (χ4n) is 7.15. The average molecular weight is 577 g/mol. The maximum atomic E-state index is 2.33. The second-order valence-corrected chi connectivity index (χ2v) is 12.7. The van der Waals surface area contributed by atoms with Crippen molar-refractivity contribution >= 4 is 63.8 Å². The van der Waals surface area contributed by atoms with Crippen molar-refractivity contribution in [3.05, 3.63) is 169 Å². The van der Waals surface area contributed by atoms with E-state index in [1.165, 1.54) is 85.9 Å². The van der Waals surface area contributed by atoms with E-state index in [0.29, 0.717) is 0 Å². The van der Waals surface area contributed by atoms with Gasteiger partial charge in [-0.3, -0.25) is 0 Å². The van der Waals surface area contributed by atoms with Crippen LogP contribution in [0.15, 0.2) is 158 Å². The molecule has 0 radical (unpaired) electrons. The minimum absolute atomic E-state index is 0.859. The van der Waals surface area contributed by atoms with Crippen LogP contribution in [-0.4, -0.2) is 0 Å². The summed E-state index contributed by atoms with van der Waals surface area (Å²) in [4.78, 5) is 0. The van der Waals surface area contributed by atoms with Crippen molar-refractivity contribution in [1.82, 2.24) is 0 Å². The zero-order valence-electron chi connectivity index (χ0n) is 24.1. The van der Waals surface area contributed by atoms with Gasteiger partial charge in [0, 0.05) is 25.7 Å². The predicted octanol–water partition coefficient (Wildman–Crippen LogP) is 12.4. The molecule has 1 aromatic heterocycles. The van der Waals surface area contributed by atoms with Crippen LogP contribution in [0.3, 0.4) is 0 Å². The Hall–Kier alpha value is -5.24. The molecule has 0 amide bonds. The minimum Gasteiger partial charge on any atom is -0.135 e. The fraction of sp³-hybridized carbons (Fsp3) is 0.0233. The van der Waals surface area contributed by atoms with Crippen LogP contribution in [0, 0.1) is 0 Å². The Balaban J connectivity index is 1.29. The van der Waals surface area contributed by atoms with Crippen molar-refractivity contribution in [3.63, 3.8) is 0 Å². The van der Waals surface area contributed by atoms with Gasteiger partial charge in [-0.1, -0.05) is 146 Å². The van der Waals surface area contributed by atoms with Gasteiger partial charge in [0.2, 0.25) is 0 Å². The molecule has 0 aliphatic carbocycles. The Kier molecular flexibility index (Phi) is 5.85. The van der Waals surface area contributed by atoms with Crippen LogP contribution >= 0.6 is 11.3 Å². The van der Waals surface area contributed by atoms with Gasteiger partial charge in [-0.2, -0.15) is 0 Å². The second kappa shape index (κ2) is 10.2. The number of benzene rings is 8. The number of fused-ring (bicyclic) bond motifs is 6. The number of hydrogen-bond donors (Lipinski definition) is 0. The molecule has 0 aliphatic rings. The maximum Gasteiger partial charge on any atom is 0.0434 e. The summed E-state index contributed by atoms with van der Waals surface area (Å²) in [6, 6.07) is 58.1. The first-order valence-electron chi connectivity index (χ1n) is 15.2. The molecule has 0 spiro atoms. The van der Waals surface area contributed by atoms with Crippen LogP contribution in [0.5, 0.6) is 0 Å². The van der Waals surface area contributed by atoms with E-state index in [1.54, 1.807) is 0 Å². The van der Waals surface area contributed by atoms with Crippen molar-refractivity contribution in [2.45, 2.75) is 6.42 Å². The van der Waals surface area contributed by atoms with Gasteiger partial charge >= 0.3 is 0 Å². The standard InChI is InChI=1S/C43H28S/c1-2-13-29-26-31(25-24-28(29)12-1)32-15-4-3-14-30(32)27-40-33-16-5-7-19-36(33)42(37-20-8-6-17-34(37)40)39-22-11-21-38-35-18-9-10-23-41(35)44-43(38)39/h1-26H,27H2. The quantitative estimate of drug-likeness (QED) is 0.183. The Morgan fingerprint density at radius 2 is 1.00 bits per heavy atom. The highest BCUT2D eigenvalue weighted by atomic mass is 32.1. The summed E-state index contributed by atoms with van der Waals surface area (Å²) in [7, 11) is 0. The molecular weight excluding hydrogens is 549 g/mol. The largest absolute Gasteiger partial charge is 0.135 e. The highest BCUT2D eigenvalue weighted by Gasteiger charge is 2.19. The van der Waals surface area contributed by atoms with Gasteiger partial charge in [0.1, 0.15) is 0 Å². The highest BCUT2D eigenvalue weighted by molar-refractivity contribution is 7.26. The van der Waals surface area contributed by atoms with Gasteiger partial charge in [-0.05, 0) is 78.7 Å². The second-order valence-electron chi connectivity index (χ2n) is 11.6. The molecule has 206 valence electrons. The Morgan fingerprint density at radius 3 is 1.80 bits per heavy atom.